The minimum Gasteiger partial charge on any atom is -0.304 e. The van der Waals surface area contributed by atoms with Gasteiger partial charge in [0.2, 0.25) is 0 Å². The maximum atomic E-state index is 3.53. The summed E-state index contributed by atoms with van der Waals surface area (Å²) < 4.78 is 0. The Hall–Kier alpha value is 0.137. The fourth-order valence-corrected chi connectivity index (χ4v) is 1.37. The van der Waals surface area contributed by atoms with Gasteiger partial charge < -0.3 is 5.32 Å². The molecule has 0 fully saturated rings. The lowest BCUT2D eigenvalue weighted by Crippen LogP contribution is -2.38. The highest BCUT2D eigenvalue weighted by molar-refractivity contribution is 6.08. The van der Waals surface area contributed by atoms with Crippen LogP contribution in [0.25, 0.3) is 0 Å². The monoisotopic (exact) mass is 202 g/mol. The van der Waals surface area contributed by atoms with Crippen LogP contribution in [-0.4, -0.2) is 41.4 Å². The second-order valence-corrected chi connectivity index (χ2v) is 5.11. The molecule has 0 aromatic carbocycles. The molecule has 0 aliphatic carbocycles. The highest BCUT2D eigenvalue weighted by Crippen LogP contribution is 2.16. The van der Waals surface area contributed by atoms with Gasteiger partial charge in [0.25, 0.3) is 0 Å². The van der Waals surface area contributed by atoms with Crippen LogP contribution in [0.15, 0.2) is 0 Å². The Labute approximate surface area is 86.5 Å². The third-order valence-corrected chi connectivity index (χ3v) is 4.70. The van der Waals surface area contributed by atoms with E-state index in [9.17, 15) is 0 Å². The third-order valence-electron chi connectivity index (χ3n) is 2.79. The van der Waals surface area contributed by atoms with Gasteiger partial charge in [-0.1, -0.05) is 33.7 Å². The molecule has 0 amide bonds. The van der Waals surface area contributed by atoms with E-state index in [-0.39, 0.29) is 0 Å². The van der Waals surface area contributed by atoms with Crippen molar-refractivity contribution in [2.45, 2.75) is 33.7 Å². The van der Waals surface area contributed by atoms with Crippen molar-refractivity contribution in [3.63, 3.8) is 0 Å². The van der Waals surface area contributed by atoms with Gasteiger partial charge in [-0.2, -0.15) is 0 Å². The zero-order chi connectivity index (χ0) is 10.3. The Morgan fingerprint density at radius 3 is 2.15 bits per heavy atom. The number of hydrogen-bond acceptors (Lipinski definition) is 2. The van der Waals surface area contributed by atoms with Crippen LogP contribution in [0.5, 0.6) is 0 Å². The van der Waals surface area contributed by atoms with Crippen LogP contribution in [0.1, 0.15) is 27.7 Å². The van der Waals surface area contributed by atoms with E-state index in [1.54, 1.807) is 0 Å². The Balaban J connectivity index is 3.54. The Bertz CT molecular complexity index is 122. The summed E-state index contributed by atoms with van der Waals surface area (Å²) in [6.45, 7) is 13.6. The topological polar surface area (TPSA) is 15.3 Å². The van der Waals surface area contributed by atoms with Crippen LogP contribution < -0.4 is 5.32 Å². The maximum absolute atomic E-state index is 3.53. The first-order chi connectivity index (χ1) is 6.05. The van der Waals surface area contributed by atoms with Crippen molar-refractivity contribution in [3.05, 3.63) is 0 Å². The minimum atomic E-state index is 0.499. The molecule has 0 saturated carbocycles. The molecule has 2 nitrogen and oxygen atoms in total. The normalized spacial score (nSPS) is 12.7. The van der Waals surface area contributed by atoms with Crippen molar-refractivity contribution in [1.82, 2.24) is 10.2 Å². The van der Waals surface area contributed by atoms with Gasteiger partial charge in [-0.05, 0) is 18.5 Å². The minimum absolute atomic E-state index is 0.499. The van der Waals surface area contributed by atoms with Crippen LogP contribution in [0.2, 0.25) is 6.04 Å². The van der Waals surface area contributed by atoms with Crippen molar-refractivity contribution < 1.29 is 0 Å². The number of hydrogen-bond donors (Lipinski definition) is 1. The second-order valence-electron chi connectivity index (χ2n) is 4.41. The Morgan fingerprint density at radius 1 is 1.23 bits per heavy atom. The molecule has 0 aromatic rings. The van der Waals surface area contributed by atoms with E-state index in [1.165, 1.54) is 16.3 Å². The third kappa shape index (κ3) is 6.24. The van der Waals surface area contributed by atoms with E-state index < -0.39 is 0 Å². The summed E-state index contributed by atoms with van der Waals surface area (Å²) in [6.07, 6.45) is 0. The summed E-state index contributed by atoms with van der Waals surface area (Å²) in [7, 11) is 1.31. The van der Waals surface area contributed by atoms with Gasteiger partial charge in [0.15, 0.2) is 0 Å². The van der Waals surface area contributed by atoms with Crippen molar-refractivity contribution in [2.75, 3.05) is 26.3 Å². The van der Waals surface area contributed by atoms with Crippen molar-refractivity contribution >= 4 is 10.2 Å². The molecule has 0 bridgehead atoms. The fourth-order valence-electron chi connectivity index (χ4n) is 1.12. The number of nitrogens with one attached hydrogen (secondary N) is 1. The van der Waals surface area contributed by atoms with Crippen LogP contribution >= 0.6 is 0 Å². The Kier molecular flexibility index (Phi) is 6.64. The average molecular weight is 202 g/mol. The van der Waals surface area contributed by atoms with Gasteiger partial charge >= 0.3 is 0 Å². The SMILES string of the molecule is CCN(CC)CNCC(C)(C)C[SiH3]. The number of rotatable bonds is 7. The molecule has 0 aliphatic heterocycles. The summed E-state index contributed by atoms with van der Waals surface area (Å²) in [5, 5.41) is 3.53. The summed E-state index contributed by atoms with van der Waals surface area (Å²) in [4.78, 5) is 2.41. The van der Waals surface area contributed by atoms with Gasteiger partial charge in [-0.25, -0.2) is 0 Å². The molecule has 0 rings (SSSR count). The summed E-state index contributed by atoms with van der Waals surface area (Å²) in [5.41, 5.74) is 0.499. The molecule has 0 atom stereocenters. The maximum Gasteiger partial charge on any atom is 0.0480 e. The summed E-state index contributed by atoms with van der Waals surface area (Å²) >= 11 is 0. The molecule has 3 heteroatoms. The Morgan fingerprint density at radius 2 is 1.77 bits per heavy atom. The van der Waals surface area contributed by atoms with E-state index in [1.807, 2.05) is 0 Å². The second kappa shape index (κ2) is 6.57. The van der Waals surface area contributed by atoms with Gasteiger partial charge in [0, 0.05) is 23.5 Å². The molecular formula is C10H26N2Si. The quantitative estimate of drug-likeness (QED) is 0.483. The molecule has 13 heavy (non-hydrogen) atoms. The van der Waals surface area contributed by atoms with Crippen LogP contribution in [0, 0.1) is 5.41 Å². The lowest BCUT2D eigenvalue weighted by atomic mass is 9.96. The lowest BCUT2D eigenvalue weighted by molar-refractivity contribution is 0.255. The van der Waals surface area contributed by atoms with Gasteiger partial charge in [-0.15, -0.1) is 0 Å². The van der Waals surface area contributed by atoms with E-state index in [0.29, 0.717) is 5.41 Å². The van der Waals surface area contributed by atoms with Gasteiger partial charge in [0.05, 0.1) is 0 Å². The molecule has 1 N–H and O–H groups in total. The zero-order valence-corrected chi connectivity index (χ0v) is 12.0. The van der Waals surface area contributed by atoms with Crippen molar-refractivity contribution in [1.29, 1.82) is 0 Å². The highest BCUT2D eigenvalue weighted by Gasteiger charge is 2.13. The first kappa shape index (κ1) is 13.1. The van der Waals surface area contributed by atoms with E-state index in [0.717, 1.165) is 26.3 Å². The van der Waals surface area contributed by atoms with Crippen molar-refractivity contribution in [2.24, 2.45) is 5.41 Å². The van der Waals surface area contributed by atoms with Crippen LogP contribution in [0.3, 0.4) is 0 Å². The first-order valence-corrected chi connectivity index (χ1v) is 6.90. The molecule has 0 aliphatic rings. The average Bonchev–Trinajstić information content (AvgIpc) is 2.12. The molecule has 80 valence electrons. The van der Waals surface area contributed by atoms with E-state index >= 15 is 0 Å². The molecule has 0 aromatic heterocycles. The summed E-state index contributed by atoms with van der Waals surface area (Å²) in [5.74, 6) is 0. The number of nitrogens with zero attached hydrogens (tertiary/aromatic N) is 1. The van der Waals surface area contributed by atoms with Gasteiger partial charge in [-0.3, -0.25) is 4.90 Å². The van der Waals surface area contributed by atoms with Gasteiger partial charge in [0.1, 0.15) is 0 Å². The fraction of sp³-hybridized carbons (Fsp3) is 1.00. The zero-order valence-electron chi connectivity index (χ0n) is 9.98. The molecule has 0 radical (unpaired) electrons. The molecule has 0 heterocycles. The molecular weight excluding hydrogens is 176 g/mol. The van der Waals surface area contributed by atoms with Crippen molar-refractivity contribution in [3.8, 4) is 0 Å². The standard InChI is InChI=1S/C10H26N2Si/c1-5-12(6-2)9-11-7-10(3,4)8-13/h11H,5-9H2,1-4,13H3. The van der Waals surface area contributed by atoms with E-state index in [2.05, 4.69) is 37.9 Å². The largest absolute Gasteiger partial charge is 0.304 e. The highest BCUT2D eigenvalue weighted by atomic mass is 28.1. The predicted molar refractivity (Wildman–Crippen MR) is 64.3 cm³/mol. The smallest absolute Gasteiger partial charge is 0.0480 e. The molecule has 0 spiro atoms. The molecule has 0 unspecified atom stereocenters. The van der Waals surface area contributed by atoms with Crippen LogP contribution in [-0.2, 0) is 0 Å². The lowest BCUT2D eigenvalue weighted by Gasteiger charge is -2.26. The molecule has 0 saturated heterocycles. The summed E-state index contributed by atoms with van der Waals surface area (Å²) in [6, 6.07) is 1.37. The predicted octanol–water partition coefficient (Wildman–Crippen LogP) is 0.685. The first-order valence-electron chi connectivity index (χ1n) is 5.48. The van der Waals surface area contributed by atoms with E-state index in [4.69, 9.17) is 0 Å². The van der Waals surface area contributed by atoms with Crippen LogP contribution in [0.4, 0.5) is 0 Å².